The van der Waals surface area contributed by atoms with Crippen LogP contribution in [0.2, 0.25) is 5.15 Å². The Morgan fingerprint density at radius 2 is 2.24 bits per heavy atom. The molecule has 0 aromatic carbocycles. The lowest BCUT2D eigenvalue weighted by atomic mass is 10.4. The van der Waals surface area contributed by atoms with E-state index in [1.54, 1.807) is 24.0 Å². The normalized spacial score (nSPS) is 10.7. The average Bonchev–Trinajstić information content (AvgIpc) is 2.74. The first-order valence-corrected chi connectivity index (χ1v) is 5.74. The number of aromatic nitrogens is 4. The van der Waals surface area contributed by atoms with Crippen molar-refractivity contribution in [2.75, 3.05) is 0 Å². The fraction of sp³-hybridized carbons (Fsp3) is 0.364. The van der Waals surface area contributed by atoms with Gasteiger partial charge in [-0.1, -0.05) is 11.6 Å². The molecule has 0 aliphatic carbocycles. The summed E-state index contributed by atoms with van der Waals surface area (Å²) in [6, 6.07) is 1.34. The quantitative estimate of drug-likeness (QED) is 0.775. The standard InChI is InChI=1S/C11H13ClN4O/c1-9-14-10(12)7-11(17)16(9)5-2-4-15-6-3-13-8-15/h3,6-8H,2,4-5H2,1H3. The van der Waals surface area contributed by atoms with Crippen molar-refractivity contribution < 1.29 is 0 Å². The molecule has 0 radical (unpaired) electrons. The molecule has 0 fully saturated rings. The molecule has 0 N–H and O–H groups in total. The van der Waals surface area contributed by atoms with Crippen LogP contribution < -0.4 is 5.56 Å². The SMILES string of the molecule is Cc1nc(Cl)cc(=O)n1CCCn1ccnc1. The number of halogens is 1. The second kappa shape index (κ2) is 5.14. The van der Waals surface area contributed by atoms with Crippen LogP contribution in [0, 0.1) is 6.92 Å². The summed E-state index contributed by atoms with van der Waals surface area (Å²) < 4.78 is 3.60. The fourth-order valence-corrected chi connectivity index (χ4v) is 1.90. The summed E-state index contributed by atoms with van der Waals surface area (Å²) in [6.45, 7) is 3.24. The maximum Gasteiger partial charge on any atom is 0.254 e. The predicted molar refractivity (Wildman–Crippen MR) is 65.1 cm³/mol. The molecule has 17 heavy (non-hydrogen) atoms. The van der Waals surface area contributed by atoms with Crippen LogP contribution in [0.15, 0.2) is 29.6 Å². The van der Waals surface area contributed by atoms with Crippen molar-refractivity contribution in [3.63, 3.8) is 0 Å². The van der Waals surface area contributed by atoms with Crippen molar-refractivity contribution in [2.24, 2.45) is 0 Å². The number of aryl methyl sites for hydroxylation is 2. The monoisotopic (exact) mass is 252 g/mol. The van der Waals surface area contributed by atoms with E-state index in [1.165, 1.54) is 6.07 Å². The van der Waals surface area contributed by atoms with Crippen LogP contribution in [0.1, 0.15) is 12.2 Å². The van der Waals surface area contributed by atoms with Crippen molar-refractivity contribution in [3.8, 4) is 0 Å². The minimum absolute atomic E-state index is 0.104. The molecule has 0 aliphatic rings. The van der Waals surface area contributed by atoms with Gasteiger partial charge in [-0.2, -0.15) is 0 Å². The van der Waals surface area contributed by atoms with E-state index < -0.39 is 0 Å². The molecule has 0 amide bonds. The van der Waals surface area contributed by atoms with E-state index >= 15 is 0 Å². The van der Waals surface area contributed by atoms with Gasteiger partial charge < -0.3 is 4.57 Å². The maximum atomic E-state index is 11.7. The van der Waals surface area contributed by atoms with E-state index in [2.05, 4.69) is 9.97 Å². The summed E-state index contributed by atoms with van der Waals surface area (Å²) in [5.74, 6) is 0.646. The topological polar surface area (TPSA) is 52.7 Å². The van der Waals surface area contributed by atoms with Gasteiger partial charge in [0.2, 0.25) is 0 Å². The highest BCUT2D eigenvalue weighted by Gasteiger charge is 2.03. The Kier molecular flexibility index (Phi) is 3.58. The number of hydrogen-bond donors (Lipinski definition) is 0. The van der Waals surface area contributed by atoms with Gasteiger partial charge in [-0.25, -0.2) is 9.97 Å². The van der Waals surface area contributed by atoms with Crippen LogP contribution in [-0.2, 0) is 13.1 Å². The summed E-state index contributed by atoms with van der Waals surface area (Å²) in [7, 11) is 0. The Bertz CT molecular complexity index is 547. The first-order chi connectivity index (χ1) is 8.16. The summed E-state index contributed by atoms with van der Waals surface area (Å²) in [4.78, 5) is 19.7. The van der Waals surface area contributed by atoms with Gasteiger partial charge in [-0.3, -0.25) is 9.36 Å². The second-order valence-corrected chi connectivity index (χ2v) is 4.16. The molecule has 90 valence electrons. The molecule has 0 aliphatic heterocycles. The van der Waals surface area contributed by atoms with Gasteiger partial charge in [0, 0.05) is 31.5 Å². The molecule has 0 unspecified atom stereocenters. The molecular formula is C11H13ClN4O. The van der Waals surface area contributed by atoms with Crippen LogP contribution in [0.25, 0.3) is 0 Å². The summed E-state index contributed by atoms with van der Waals surface area (Å²) in [6.07, 6.45) is 6.24. The third kappa shape index (κ3) is 2.94. The van der Waals surface area contributed by atoms with Crippen molar-refractivity contribution in [3.05, 3.63) is 46.1 Å². The van der Waals surface area contributed by atoms with Crippen molar-refractivity contribution in [1.29, 1.82) is 0 Å². The highest BCUT2D eigenvalue weighted by atomic mass is 35.5. The van der Waals surface area contributed by atoms with Gasteiger partial charge in [-0.15, -0.1) is 0 Å². The van der Waals surface area contributed by atoms with E-state index in [-0.39, 0.29) is 10.7 Å². The molecule has 0 spiro atoms. The van der Waals surface area contributed by atoms with Crippen LogP contribution in [-0.4, -0.2) is 19.1 Å². The molecule has 2 aromatic rings. The molecular weight excluding hydrogens is 240 g/mol. The van der Waals surface area contributed by atoms with E-state index in [0.29, 0.717) is 12.4 Å². The predicted octanol–water partition coefficient (Wildman–Crippen LogP) is 1.49. The lowest BCUT2D eigenvalue weighted by Gasteiger charge is -2.09. The van der Waals surface area contributed by atoms with Gasteiger partial charge in [-0.05, 0) is 13.3 Å². The maximum absolute atomic E-state index is 11.7. The Morgan fingerprint density at radius 3 is 2.88 bits per heavy atom. The first kappa shape index (κ1) is 11.9. The Hall–Kier alpha value is -1.62. The molecule has 2 aromatic heterocycles. The Labute approximate surface area is 104 Å². The zero-order valence-electron chi connectivity index (χ0n) is 9.51. The average molecular weight is 253 g/mol. The molecule has 5 nitrogen and oxygen atoms in total. The zero-order valence-corrected chi connectivity index (χ0v) is 10.3. The number of hydrogen-bond acceptors (Lipinski definition) is 3. The lowest BCUT2D eigenvalue weighted by molar-refractivity contribution is 0.536. The number of imidazole rings is 1. The largest absolute Gasteiger partial charge is 0.337 e. The second-order valence-electron chi connectivity index (χ2n) is 3.77. The van der Waals surface area contributed by atoms with Gasteiger partial charge in [0.1, 0.15) is 11.0 Å². The smallest absolute Gasteiger partial charge is 0.254 e. The summed E-state index contributed by atoms with van der Waals surface area (Å²) in [5, 5.41) is 0.248. The van der Waals surface area contributed by atoms with Gasteiger partial charge in [0.25, 0.3) is 5.56 Å². The molecule has 0 bridgehead atoms. The minimum atomic E-state index is -0.104. The number of nitrogens with zero attached hydrogens (tertiary/aromatic N) is 4. The van der Waals surface area contributed by atoms with E-state index in [1.807, 2.05) is 10.8 Å². The van der Waals surface area contributed by atoms with Gasteiger partial charge >= 0.3 is 0 Å². The molecule has 0 saturated carbocycles. The van der Waals surface area contributed by atoms with Crippen LogP contribution >= 0.6 is 11.6 Å². The zero-order chi connectivity index (χ0) is 12.3. The van der Waals surface area contributed by atoms with Crippen molar-refractivity contribution in [2.45, 2.75) is 26.4 Å². The van der Waals surface area contributed by atoms with Gasteiger partial charge in [0.05, 0.1) is 6.33 Å². The van der Waals surface area contributed by atoms with Crippen molar-refractivity contribution >= 4 is 11.6 Å². The van der Waals surface area contributed by atoms with Crippen molar-refractivity contribution in [1.82, 2.24) is 19.1 Å². The van der Waals surface area contributed by atoms with Crippen LogP contribution in [0.5, 0.6) is 0 Å². The summed E-state index contributed by atoms with van der Waals surface area (Å²) >= 11 is 5.70. The molecule has 0 saturated heterocycles. The van der Waals surface area contributed by atoms with E-state index in [4.69, 9.17) is 11.6 Å². The molecule has 2 rings (SSSR count). The van der Waals surface area contributed by atoms with E-state index in [9.17, 15) is 4.79 Å². The third-order valence-electron chi connectivity index (χ3n) is 2.53. The van der Waals surface area contributed by atoms with Crippen LogP contribution in [0.3, 0.4) is 0 Å². The molecule has 0 atom stereocenters. The number of rotatable bonds is 4. The first-order valence-electron chi connectivity index (χ1n) is 5.36. The fourth-order valence-electron chi connectivity index (χ4n) is 1.69. The van der Waals surface area contributed by atoms with Gasteiger partial charge in [0.15, 0.2) is 0 Å². The molecule has 2 heterocycles. The highest BCUT2D eigenvalue weighted by molar-refractivity contribution is 6.29. The highest BCUT2D eigenvalue weighted by Crippen LogP contribution is 2.02. The van der Waals surface area contributed by atoms with Crippen LogP contribution in [0.4, 0.5) is 0 Å². The van der Waals surface area contributed by atoms with E-state index in [0.717, 1.165) is 13.0 Å². The minimum Gasteiger partial charge on any atom is -0.337 e. The Morgan fingerprint density at radius 1 is 1.41 bits per heavy atom. The lowest BCUT2D eigenvalue weighted by Crippen LogP contribution is -2.23. The summed E-state index contributed by atoms with van der Waals surface area (Å²) in [5.41, 5.74) is -0.104. The Balaban J connectivity index is 2.02. The third-order valence-corrected chi connectivity index (χ3v) is 2.72. The molecule has 6 heteroatoms.